The lowest BCUT2D eigenvalue weighted by atomic mass is 10.1. The number of aryl methyl sites for hydroxylation is 3. The Morgan fingerprint density at radius 2 is 2.23 bits per heavy atom. The number of carbonyl (C=O) groups excluding carboxylic acids is 1. The number of amides is 1. The van der Waals surface area contributed by atoms with Crippen LogP contribution in [0.3, 0.4) is 0 Å². The normalized spacial score (nSPS) is 10.5. The molecule has 2 heterocycles. The maximum Gasteiger partial charge on any atom is 0.270 e. The summed E-state index contributed by atoms with van der Waals surface area (Å²) >= 11 is 0. The van der Waals surface area contributed by atoms with Gasteiger partial charge >= 0.3 is 0 Å². The van der Waals surface area contributed by atoms with Gasteiger partial charge in [-0.1, -0.05) is 0 Å². The number of nitriles is 1. The zero-order chi connectivity index (χ0) is 16.3. The number of hydrogen-bond donors (Lipinski definition) is 1. The molecule has 2 aromatic heterocycles. The first-order chi connectivity index (χ1) is 10.4. The highest BCUT2D eigenvalue weighted by molar-refractivity contribution is 5.93. The molecule has 6 heteroatoms. The number of nitrogens with zero attached hydrogens (tertiary/aromatic N) is 4. The second kappa shape index (κ2) is 6.48. The number of H-pyrrole nitrogens is 1. The van der Waals surface area contributed by atoms with Crippen LogP contribution in [0.4, 0.5) is 0 Å². The Labute approximate surface area is 130 Å². The second-order valence-corrected chi connectivity index (χ2v) is 5.58. The fraction of sp³-hybridized carbons (Fsp3) is 0.438. The van der Waals surface area contributed by atoms with E-state index in [1.165, 1.54) is 5.56 Å². The molecule has 0 aliphatic rings. The highest BCUT2D eigenvalue weighted by Crippen LogP contribution is 2.13. The van der Waals surface area contributed by atoms with Gasteiger partial charge in [-0.25, -0.2) is 0 Å². The van der Waals surface area contributed by atoms with Crippen molar-refractivity contribution in [3.05, 3.63) is 40.5 Å². The molecule has 0 saturated heterocycles. The first-order valence-electron chi connectivity index (χ1n) is 7.26. The first-order valence-corrected chi connectivity index (χ1v) is 7.26. The molecule has 2 rings (SSSR count). The van der Waals surface area contributed by atoms with E-state index in [9.17, 15) is 4.79 Å². The van der Waals surface area contributed by atoms with Gasteiger partial charge in [0.2, 0.25) is 0 Å². The van der Waals surface area contributed by atoms with E-state index in [0.717, 1.165) is 24.2 Å². The van der Waals surface area contributed by atoms with Crippen molar-refractivity contribution in [2.75, 3.05) is 13.6 Å². The second-order valence-electron chi connectivity index (χ2n) is 5.58. The van der Waals surface area contributed by atoms with E-state index in [4.69, 9.17) is 5.26 Å². The Kier molecular flexibility index (Phi) is 4.66. The Morgan fingerprint density at radius 1 is 1.50 bits per heavy atom. The molecule has 116 valence electrons. The average molecular weight is 299 g/mol. The van der Waals surface area contributed by atoms with Gasteiger partial charge in [0.05, 0.1) is 11.3 Å². The molecule has 1 amide bonds. The molecular weight excluding hydrogens is 278 g/mol. The summed E-state index contributed by atoms with van der Waals surface area (Å²) in [4.78, 5) is 14.1. The highest BCUT2D eigenvalue weighted by Gasteiger charge is 2.16. The minimum absolute atomic E-state index is 0.0652. The lowest BCUT2D eigenvalue weighted by molar-refractivity contribution is 0.0784. The van der Waals surface area contributed by atoms with Gasteiger partial charge in [-0.3, -0.25) is 9.89 Å². The lowest BCUT2D eigenvalue weighted by Gasteiger charge is -2.17. The summed E-state index contributed by atoms with van der Waals surface area (Å²) in [5.41, 5.74) is 4.38. The molecule has 0 unspecified atom stereocenters. The van der Waals surface area contributed by atoms with Crippen LogP contribution in [0, 0.1) is 25.2 Å². The van der Waals surface area contributed by atoms with Crippen LogP contribution in [-0.2, 0) is 13.5 Å². The smallest absolute Gasteiger partial charge is 0.270 e. The van der Waals surface area contributed by atoms with Crippen molar-refractivity contribution < 1.29 is 4.79 Å². The van der Waals surface area contributed by atoms with Crippen LogP contribution < -0.4 is 0 Å². The van der Waals surface area contributed by atoms with Gasteiger partial charge in [0.15, 0.2) is 0 Å². The van der Waals surface area contributed by atoms with E-state index >= 15 is 0 Å². The van der Waals surface area contributed by atoms with Gasteiger partial charge in [-0.2, -0.15) is 10.4 Å². The van der Waals surface area contributed by atoms with Crippen LogP contribution >= 0.6 is 0 Å². The standard InChI is InChI=1S/C16H21N5O/c1-11-14(12(2)19-18-11)6-5-7-20(3)16(22)15-8-13(9-17)10-21(15)4/h8,10H,5-7H2,1-4H3,(H,18,19). The Hall–Kier alpha value is -2.55. The van der Waals surface area contributed by atoms with Crippen LogP contribution in [0.1, 0.15) is 39.4 Å². The van der Waals surface area contributed by atoms with E-state index in [2.05, 4.69) is 16.3 Å². The molecular formula is C16H21N5O. The van der Waals surface area contributed by atoms with Gasteiger partial charge in [0.25, 0.3) is 5.91 Å². The first kappa shape index (κ1) is 15.8. The maximum absolute atomic E-state index is 12.4. The zero-order valence-electron chi connectivity index (χ0n) is 13.5. The van der Waals surface area contributed by atoms with E-state index < -0.39 is 0 Å². The Balaban J connectivity index is 1.94. The summed E-state index contributed by atoms with van der Waals surface area (Å²) in [6.45, 7) is 4.66. The molecule has 0 fully saturated rings. The molecule has 0 aromatic carbocycles. The van der Waals surface area contributed by atoms with Crippen LogP contribution in [0.5, 0.6) is 0 Å². The predicted molar refractivity (Wildman–Crippen MR) is 83.5 cm³/mol. The van der Waals surface area contributed by atoms with Crippen molar-refractivity contribution in [3.8, 4) is 6.07 Å². The third kappa shape index (κ3) is 3.19. The molecule has 2 aromatic rings. The van der Waals surface area contributed by atoms with Crippen LogP contribution in [0.15, 0.2) is 12.3 Å². The van der Waals surface area contributed by atoms with Gasteiger partial charge in [0.1, 0.15) is 11.8 Å². The predicted octanol–water partition coefficient (Wildman–Crippen LogP) is 1.94. The van der Waals surface area contributed by atoms with Crippen molar-refractivity contribution in [3.63, 3.8) is 0 Å². The molecule has 1 N–H and O–H groups in total. The quantitative estimate of drug-likeness (QED) is 0.916. The molecule has 22 heavy (non-hydrogen) atoms. The summed E-state index contributed by atoms with van der Waals surface area (Å²) in [7, 11) is 3.57. The van der Waals surface area contributed by atoms with Crippen LogP contribution in [0.25, 0.3) is 0 Å². The maximum atomic E-state index is 12.4. The van der Waals surface area contributed by atoms with E-state index in [1.54, 1.807) is 35.8 Å². The summed E-state index contributed by atoms with van der Waals surface area (Å²) in [5, 5.41) is 16.1. The number of aromatic nitrogens is 3. The largest absolute Gasteiger partial charge is 0.345 e. The van der Waals surface area contributed by atoms with Crippen LogP contribution in [-0.4, -0.2) is 39.2 Å². The number of nitrogens with one attached hydrogen (secondary N) is 1. The minimum atomic E-state index is -0.0652. The molecule has 0 bridgehead atoms. The fourth-order valence-corrected chi connectivity index (χ4v) is 2.57. The topological polar surface area (TPSA) is 77.7 Å². The van der Waals surface area contributed by atoms with Crippen molar-refractivity contribution in [1.82, 2.24) is 19.7 Å². The molecule has 0 aliphatic carbocycles. The SMILES string of the molecule is Cc1n[nH]c(C)c1CCCN(C)C(=O)c1cc(C#N)cn1C. The molecule has 0 atom stereocenters. The molecule has 0 radical (unpaired) electrons. The summed E-state index contributed by atoms with van der Waals surface area (Å²) in [6.07, 6.45) is 3.43. The zero-order valence-corrected chi connectivity index (χ0v) is 13.5. The molecule has 6 nitrogen and oxygen atoms in total. The van der Waals surface area contributed by atoms with Crippen molar-refractivity contribution in [2.45, 2.75) is 26.7 Å². The van der Waals surface area contributed by atoms with Gasteiger partial charge in [0, 0.05) is 32.5 Å². The van der Waals surface area contributed by atoms with E-state index in [0.29, 0.717) is 17.8 Å². The molecule has 0 aliphatic heterocycles. The van der Waals surface area contributed by atoms with Gasteiger partial charge in [-0.05, 0) is 38.3 Å². The fourth-order valence-electron chi connectivity index (χ4n) is 2.57. The highest BCUT2D eigenvalue weighted by atomic mass is 16.2. The van der Waals surface area contributed by atoms with Crippen molar-refractivity contribution in [1.29, 1.82) is 5.26 Å². The molecule has 0 spiro atoms. The van der Waals surface area contributed by atoms with E-state index in [1.807, 2.05) is 13.8 Å². The van der Waals surface area contributed by atoms with Gasteiger partial charge < -0.3 is 9.47 Å². The summed E-state index contributed by atoms with van der Waals surface area (Å²) in [6, 6.07) is 3.68. The third-order valence-electron chi connectivity index (χ3n) is 3.90. The Bertz CT molecular complexity index is 700. The Morgan fingerprint density at radius 3 is 2.77 bits per heavy atom. The van der Waals surface area contributed by atoms with Crippen molar-refractivity contribution in [2.24, 2.45) is 7.05 Å². The number of hydrogen-bond acceptors (Lipinski definition) is 3. The monoisotopic (exact) mass is 299 g/mol. The average Bonchev–Trinajstić information content (AvgIpc) is 3.02. The number of aromatic amines is 1. The minimum Gasteiger partial charge on any atom is -0.345 e. The van der Waals surface area contributed by atoms with Gasteiger partial charge in [-0.15, -0.1) is 0 Å². The summed E-state index contributed by atoms with van der Waals surface area (Å²) in [5.74, 6) is -0.0652. The molecule has 0 saturated carbocycles. The lowest BCUT2D eigenvalue weighted by Crippen LogP contribution is -2.29. The van der Waals surface area contributed by atoms with Crippen LogP contribution in [0.2, 0.25) is 0 Å². The number of rotatable bonds is 5. The third-order valence-corrected chi connectivity index (χ3v) is 3.90. The van der Waals surface area contributed by atoms with Crippen molar-refractivity contribution >= 4 is 5.91 Å². The number of carbonyl (C=O) groups is 1. The van der Waals surface area contributed by atoms with E-state index in [-0.39, 0.29) is 5.91 Å². The summed E-state index contributed by atoms with van der Waals surface area (Å²) < 4.78 is 1.70.